The molecule has 1 heterocycles. The quantitative estimate of drug-likeness (QED) is 0.505. The van der Waals surface area contributed by atoms with Gasteiger partial charge in [0.1, 0.15) is 0 Å². The van der Waals surface area contributed by atoms with Crippen LogP contribution in [0.2, 0.25) is 0 Å². The summed E-state index contributed by atoms with van der Waals surface area (Å²) in [6.45, 7) is 2.30. The molecule has 0 aliphatic carbocycles. The highest BCUT2D eigenvalue weighted by Gasteiger charge is 2.09. The van der Waals surface area contributed by atoms with Crippen LogP contribution in [-0.2, 0) is 0 Å². The van der Waals surface area contributed by atoms with Crippen LogP contribution >= 0.6 is 0 Å². The highest BCUT2D eigenvalue weighted by Crippen LogP contribution is 2.07. The minimum absolute atomic E-state index is 1.15. The SMILES string of the molecule is CN[C]1CCNCC1. The first-order chi connectivity index (χ1) is 3.93. The van der Waals surface area contributed by atoms with Gasteiger partial charge in [-0.25, -0.2) is 0 Å². The van der Waals surface area contributed by atoms with Crippen LogP contribution in [0.25, 0.3) is 0 Å². The third kappa shape index (κ3) is 1.46. The largest absolute Gasteiger partial charge is 0.317 e. The van der Waals surface area contributed by atoms with Crippen molar-refractivity contribution < 1.29 is 0 Å². The van der Waals surface area contributed by atoms with Crippen LogP contribution in [0.3, 0.4) is 0 Å². The number of piperidine rings is 1. The molecule has 1 aliphatic rings. The van der Waals surface area contributed by atoms with Crippen LogP contribution in [0.4, 0.5) is 0 Å². The molecule has 2 nitrogen and oxygen atoms in total. The van der Waals surface area contributed by atoms with Crippen LogP contribution in [0.15, 0.2) is 0 Å². The van der Waals surface area contributed by atoms with E-state index in [1.54, 1.807) is 0 Å². The topological polar surface area (TPSA) is 24.1 Å². The average molecular weight is 113 g/mol. The zero-order valence-electron chi connectivity index (χ0n) is 5.33. The minimum Gasteiger partial charge on any atom is -0.317 e. The Morgan fingerprint density at radius 1 is 1.38 bits per heavy atom. The summed E-state index contributed by atoms with van der Waals surface area (Å²) in [5, 5.41) is 6.47. The monoisotopic (exact) mass is 113 g/mol. The summed E-state index contributed by atoms with van der Waals surface area (Å²) in [4.78, 5) is 0. The van der Waals surface area contributed by atoms with E-state index in [1.165, 1.54) is 18.9 Å². The number of nitrogens with one attached hydrogen (secondary N) is 2. The van der Waals surface area contributed by atoms with Crippen molar-refractivity contribution >= 4 is 0 Å². The van der Waals surface area contributed by atoms with Crippen molar-refractivity contribution in [3.8, 4) is 0 Å². The molecular formula is C6H13N2. The summed E-state index contributed by atoms with van der Waals surface area (Å²) in [5.74, 6) is 0. The molecule has 0 aromatic carbocycles. The van der Waals surface area contributed by atoms with E-state index in [0.717, 1.165) is 13.1 Å². The van der Waals surface area contributed by atoms with Gasteiger partial charge >= 0.3 is 0 Å². The van der Waals surface area contributed by atoms with E-state index in [4.69, 9.17) is 0 Å². The van der Waals surface area contributed by atoms with Crippen LogP contribution in [0.5, 0.6) is 0 Å². The molecule has 0 aromatic heterocycles. The lowest BCUT2D eigenvalue weighted by molar-refractivity contribution is 0.507. The molecule has 1 rings (SSSR count). The lowest BCUT2D eigenvalue weighted by Gasteiger charge is -2.20. The zero-order valence-corrected chi connectivity index (χ0v) is 5.33. The molecule has 1 saturated heterocycles. The Kier molecular flexibility index (Phi) is 2.30. The molecule has 0 spiro atoms. The highest BCUT2D eigenvalue weighted by atomic mass is 14.9. The number of hydrogen-bond acceptors (Lipinski definition) is 2. The number of hydrogen-bond donors (Lipinski definition) is 2. The first-order valence-electron chi connectivity index (χ1n) is 3.16. The molecule has 0 saturated carbocycles. The average Bonchev–Trinajstić information content (AvgIpc) is 1.90. The van der Waals surface area contributed by atoms with Gasteiger partial charge in [-0.1, -0.05) is 0 Å². The highest BCUT2D eigenvalue weighted by molar-refractivity contribution is 4.89. The second-order valence-electron chi connectivity index (χ2n) is 2.10. The normalized spacial score (nSPS) is 23.6. The molecular weight excluding hydrogens is 100 g/mol. The second kappa shape index (κ2) is 3.05. The van der Waals surface area contributed by atoms with Gasteiger partial charge in [-0.05, 0) is 33.0 Å². The van der Waals surface area contributed by atoms with Crippen molar-refractivity contribution in [2.75, 3.05) is 20.1 Å². The van der Waals surface area contributed by atoms with Crippen molar-refractivity contribution in [1.29, 1.82) is 0 Å². The molecule has 0 amide bonds. The molecule has 0 atom stereocenters. The molecule has 2 N–H and O–H groups in total. The maximum Gasteiger partial charge on any atom is 0.0386 e. The molecule has 2 heteroatoms. The van der Waals surface area contributed by atoms with Crippen LogP contribution in [0, 0.1) is 6.04 Å². The van der Waals surface area contributed by atoms with Gasteiger partial charge in [0, 0.05) is 6.04 Å². The molecule has 0 bridgehead atoms. The van der Waals surface area contributed by atoms with E-state index < -0.39 is 0 Å². The Balaban J connectivity index is 2.13. The summed E-state index contributed by atoms with van der Waals surface area (Å²) < 4.78 is 0. The van der Waals surface area contributed by atoms with Gasteiger partial charge in [-0.3, -0.25) is 0 Å². The summed E-state index contributed by atoms with van der Waals surface area (Å²) in [5.41, 5.74) is 0. The van der Waals surface area contributed by atoms with E-state index in [2.05, 4.69) is 10.6 Å². The fraction of sp³-hybridized carbons (Fsp3) is 0.833. The molecule has 1 aliphatic heterocycles. The fourth-order valence-electron chi connectivity index (χ4n) is 0.979. The van der Waals surface area contributed by atoms with Crippen molar-refractivity contribution in [2.24, 2.45) is 0 Å². The third-order valence-corrected chi connectivity index (χ3v) is 1.56. The van der Waals surface area contributed by atoms with Gasteiger partial charge in [-0.15, -0.1) is 0 Å². The minimum atomic E-state index is 1.15. The predicted molar refractivity (Wildman–Crippen MR) is 34.4 cm³/mol. The van der Waals surface area contributed by atoms with Crippen LogP contribution in [-0.4, -0.2) is 20.1 Å². The third-order valence-electron chi connectivity index (χ3n) is 1.56. The summed E-state index contributed by atoms with van der Waals surface area (Å²) in [6.07, 6.45) is 2.41. The Morgan fingerprint density at radius 3 is 2.38 bits per heavy atom. The van der Waals surface area contributed by atoms with E-state index in [-0.39, 0.29) is 0 Å². The zero-order chi connectivity index (χ0) is 5.82. The van der Waals surface area contributed by atoms with Crippen molar-refractivity contribution in [3.05, 3.63) is 6.04 Å². The molecule has 0 unspecified atom stereocenters. The second-order valence-corrected chi connectivity index (χ2v) is 2.10. The molecule has 8 heavy (non-hydrogen) atoms. The summed E-state index contributed by atoms with van der Waals surface area (Å²) in [7, 11) is 2.00. The molecule has 47 valence electrons. The van der Waals surface area contributed by atoms with Gasteiger partial charge in [0.05, 0.1) is 0 Å². The van der Waals surface area contributed by atoms with Crippen molar-refractivity contribution in [3.63, 3.8) is 0 Å². The Labute approximate surface area is 50.7 Å². The maximum atomic E-state index is 3.29. The first kappa shape index (κ1) is 6.05. The van der Waals surface area contributed by atoms with Gasteiger partial charge in [0.15, 0.2) is 0 Å². The van der Waals surface area contributed by atoms with E-state index in [1.807, 2.05) is 7.05 Å². The number of rotatable bonds is 1. The first-order valence-corrected chi connectivity index (χ1v) is 3.16. The Bertz CT molecular complexity index is 57.5. The van der Waals surface area contributed by atoms with Gasteiger partial charge < -0.3 is 10.6 Å². The van der Waals surface area contributed by atoms with Gasteiger partial charge in [0.25, 0.3) is 0 Å². The summed E-state index contributed by atoms with van der Waals surface area (Å²) >= 11 is 0. The Hall–Kier alpha value is -0.0800. The van der Waals surface area contributed by atoms with Gasteiger partial charge in [0.2, 0.25) is 0 Å². The standard InChI is InChI=1S/C6H13N2/c1-7-6-2-4-8-5-3-6/h7-8H,2-5H2,1H3. The smallest absolute Gasteiger partial charge is 0.0386 e. The molecule has 1 fully saturated rings. The van der Waals surface area contributed by atoms with Gasteiger partial charge in [-0.2, -0.15) is 0 Å². The van der Waals surface area contributed by atoms with Crippen LogP contribution in [0.1, 0.15) is 12.8 Å². The lowest BCUT2D eigenvalue weighted by Crippen LogP contribution is -2.32. The van der Waals surface area contributed by atoms with E-state index in [0.29, 0.717) is 0 Å². The maximum absolute atomic E-state index is 3.29. The van der Waals surface area contributed by atoms with Crippen LogP contribution < -0.4 is 10.6 Å². The fourth-order valence-corrected chi connectivity index (χ4v) is 0.979. The van der Waals surface area contributed by atoms with Crippen molar-refractivity contribution in [2.45, 2.75) is 12.8 Å². The van der Waals surface area contributed by atoms with Crippen molar-refractivity contribution in [1.82, 2.24) is 10.6 Å². The predicted octanol–water partition coefficient (Wildman–Crippen LogP) is 0.121. The van der Waals surface area contributed by atoms with E-state index >= 15 is 0 Å². The summed E-state index contributed by atoms with van der Waals surface area (Å²) in [6, 6.07) is 1.49. The lowest BCUT2D eigenvalue weighted by atomic mass is 10.1. The molecule has 0 aromatic rings. The van der Waals surface area contributed by atoms with E-state index in [9.17, 15) is 0 Å². The molecule has 1 radical (unpaired) electrons. The Morgan fingerprint density at radius 2 is 2.00 bits per heavy atom.